The van der Waals surface area contributed by atoms with Gasteiger partial charge in [-0.2, -0.15) is 0 Å². The number of hydrogen-bond donors (Lipinski definition) is 1. The van der Waals surface area contributed by atoms with Gasteiger partial charge in [-0.3, -0.25) is 0 Å². The largest absolute Gasteiger partial charge is 0.388 e. The zero-order chi connectivity index (χ0) is 13.9. The second-order valence-electron chi connectivity index (χ2n) is 4.77. The Kier molecular flexibility index (Phi) is 3.68. The van der Waals surface area contributed by atoms with Crippen molar-refractivity contribution < 1.29 is 5.11 Å². The normalized spacial score (nSPS) is 12.5. The number of nitrogens with zero attached hydrogens (tertiary/aromatic N) is 1. The molecule has 3 heteroatoms. The van der Waals surface area contributed by atoms with E-state index < -0.39 is 6.10 Å². The van der Waals surface area contributed by atoms with Crippen molar-refractivity contribution >= 4 is 22.4 Å². The molecule has 2 nitrogen and oxygen atoms in total. The molecular weight excluding hydrogens is 270 g/mol. The highest BCUT2D eigenvalue weighted by Crippen LogP contribution is 2.25. The highest BCUT2D eigenvalue weighted by Gasteiger charge is 2.11. The van der Waals surface area contributed by atoms with E-state index in [-0.39, 0.29) is 0 Å². The molecule has 2 aromatic carbocycles. The van der Waals surface area contributed by atoms with Crippen LogP contribution >= 0.6 is 11.6 Å². The summed E-state index contributed by atoms with van der Waals surface area (Å²) < 4.78 is 0. The Balaban J connectivity index is 1.93. The van der Waals surface area contributed by atoms with Gasteiger partial charge in [-0.25, -0.2) is 4.98 Å². The van der Waals surface area contributed by atoms with Gasteiger partial charge in [0.05, 0.1) is 6.10 Å². The predicted molar refractivity (Wildman–Crippen MR) is 81.9 cm³/mol. The maximum Gasteiger partial charge on any atom is 0.129 e. The molecule has 1 heterocycles. The van der Waals surface area contributed by atoms with Crippen LogP contribution in [0.3, 0.4) is 0 Å². The third kappa shape index (κ3) is 2.67. The summed E-state index contributed by atoms with van der Waals surface area (Å²) in [7, 11) is 0. The molecule has 0 radical (unpaired) electrons. The Hall–Kier alpha value is -1.90. The van der Waals surface area contributed by atoms with E-state index in [2.05, 4.69) is 23.2 Å². The van der Waals surface area contributed by atoms with Crippen LogP contribution in [0, 0.1) is 0 Å². The molecule has 0 aliphatic rings. The summed E-state index contributed by atoms with van der Waals surface area (Å²) in [5, 5.41) is 13.1. The minimum Gasteiger partial charge on any atom is -0.388 e. The molecule has 0 spiro atoms. The number of pyridine rings is 1. The van der Waals surface area contributed by atoms with Crippen LogP contribution in [0.15, 0.2) is 60.8 Å². The van der Waals surface area contributed by atoms with Crippen LogP contribution in [0.2, 0.25) is 5.15 Å². The fourth-order valence-corrected chi connectivity index (χ4v) is 2.60. The van der Waals surface area contributed by atoms with Crippen molar-refractivity contribution in [2.45, 2.75) is 12.5 Å². The molecule has 0 fully saturated rings. The maximum atomic E-state index is 10.4. The average molecular weight is 284 g/mol. The zero-order valence-electron chi connectivity index (χ0n) is 10.8. The summed E-state index contributed by atoms with van der Waals surface area (Å²) in [5.41, 5.74) is 1.92. The lowest BCUT2D eigenvalue weighted by Crippen LogP contribution is -2.02. The Morgan fingerprint density at radius 1 is 1.05 bits per heavy atom. The molecule has 1 atom stereocenters. The van der Waals surface area contributed by atoms with Gasteiger partial charge >= 0.3 is 0 Å². The SMILES string of the molecule is OC(Cc1cccc2ccccc12)c1ccnc(Cl)c1. The first-order valence-electron chi connectivity index (χ1n) is 6.50. The number of aliphatic hydroxyl groups is 1. The van der Waals surface area contributed by atoms with E-state index in [4.69, 9.17) is 11.6 Å². The standard InChI is InChI=1S/C17H14ClNO/c18-17-11-14(8-9-19-17)16(20)10-13-6-3-5-12-4-1-2-7-15(12)13/h1-9,11,16,20H,10H2. The summed E-state index contributed by atoms with van der Waals surface area (Å²) in [6.07, 6.45) is 1.59. The summed E-state index contributed by atoms with van der Waals surface area (Å²) >= 11 is 5.86. The molecule has 3 rings (SSSR count). The van der Waals surface area contributed by atoms with Crippen LogP contribution in [0.5, 0.6) is 0 Å². The summed E-state index contributed by atoms with van der Waals surface area (Å²) in [4.78, 5) is 3.93. The van der Waals surface area contributed by atoms with Gasteiger partial charge in [0.25, 0.3) is 0 Å². The minimum atomic E-state index is -0.582. The Morgan fingerprint density at radius 2 is 1.85 bits per heavy atom. The van der Waals surface area contributed by atoms with E-state index in [1.54, 1.807) is 18.3 Å². The molecule has 0 aliphatic heterocycles. The number of rotatable bonds is 3. The van der Waals surface area contributed by atoms with E-state index in [0.29, 0.717) is 11.6 Å². The number of aromatic nitrogens is 1. The van der Waals surface area contributed by atoms with E-state index in [1.165, 1.54) is 10.8 Å². The number of halogens is 1. The van der Waals surface area contributed by atoms with Gasteiger partial charge in [-0.15, -0.1) is 0 Å². The van der Waals surface area contributed by atoms with Crippen LogP contribution in [-0.2, 0) is 6.42 Å². The number of benzene rings is 2. The smallest absolute Gasteiger partial charge is 0.129 e. The lowest BCUT2D eigenvalue weighted by Gasteiger charge is -2.13. The first-order valence-corrected chi connectivity index (χ1v) is 6.88. The van der Waals surface area contributed by atoms with Crippen molar-refractivity contribution in [2.75, 3.05) is 0 Å². The molecule has 20 heavy (non-hydrogen) atoms. The maximum absolute atomic E-state index is 10.4. The molecular formula is C17H14ClNO. The second kappa shape index (κ2) is 5.61. The third-order valence-electron chi connectivity index (χ3n) is 3.43. The highest BCUT2D eigenvalue weighted by atomic mass is 35.5. The van der Waals surface area contributed by atoms with Crippen LogP contribution in [0.25, 0.3) is 10.8 Å². The topological polar surface area (TPSA) is 33.1 Å². The van der Waals surface area contributed by atoms with Gasteiger partial charge in [0.15, 0.2) is 0 Å². The molecule has 0 bridgehead atoms. The summed E-state index contributed by atoms with van der Waals surface area (Å²) in [6.45, 7) is 0. The molecule has 1 N–H and O–H groups in total. The van der Waals surface area contributed by atoms with E-state index in [0.717, 1.165) is 11.1 Å². The third-order valence-corrected chi connectivity index (χ3v) is 3.64. The lowest BCUT2D eigenvalue weighted by molar-refractivity contribution is 0.179. The number of fused-ring (bicyclic) bond motifs is 1. The molecule has 1 unspecified atom stereocenters. The van der Waals surface area contributed by atoms with E-state index in [1.807, 2.05) is 24.3 Å². The van der Waals surface area contributed by atoms with Gasteiger partial charge in [-0.05, 0) is 34.0 Å². The van der Waals surface area contributed by atoms with Crippen molar-refractivity contribution in [2.24, 2.45) is 0 Å². The van der Waals surface area contributed by atoms with Crippen LogP contribution in [-0.4, -0.2) is 10.1 Å². The van der Waals surface area contributed by atoms with E-state index >= 15 is 0 Å². The minimum absolute atomic E-state index is 0.402. The Bertz CT molecular complexity index is 736. The molecule has 0 saturated carbocycles. The molecule has 0 aliphatic carbocycles. The molecule has 0 amide bonds. The summed E-state index contributed by atoms with van der Waals surface area (Å²) in [6, 6.07) is 17.8. The molecule has 3 aromatic rings. The first-order chi connectivity index (χ1) is 9.74. The van der Waals surface area contributed by atoms with Crippen molar-refractivity contribution in [1.29, 1.82) is 0 Å². The molecule has 100 valence electrons. The number of aliphatic hydroxyl groups excluding tert-OH is 1. The predicted octanol–water partition coefficient (Wildman–Crippen LogP) is 4.16. The first kappa shape index (κ1) is 13.1. The molecule has 0 saturated heterocycles. The fraction of sp³-hybridized carbons (Fsp3) is 0.118. The van der Waals surface area contributed by atoms with Crippen LogP contribution < -0.4 is 0 Å². The quantitative estimate of drug-likeness (QED) is 0.732. The van der Waals surface area contributed by atoms with Crippen LogP contribution in [0.4, 0.5) is 0 Å². The average Bonchev–Trinajstić information content (AvgIpc) is 2.47. The Morgan fingerprint density at radius 3 is 2.70 bits per heavy atom. The monoisotopic (exact) mass is 283 g/mol. The lowest BCUT2D eigenvalue weighted by atomic mass is 9.97. The zero-order valence-corrected chi connectivity index (χ0v) is 11.6. The summed E-state index contributed by atoms with van der Waals surface area (Å²) in [5.74, 6) is 0. The fourth-order valence-electron chi connectivity index (χ4n) is 2.42. The van der Waals surface area contributed by atoms with Crippen molar-refractivity contribution in [1.82, 2.24) is 4.98 Å². The highest BCUT2D eigenvalue weighted by molar-refractivity contribution is 6.29. The van der Waals surface area contributed by atoms with Gasteiger partial charge in [-0.1, -0.05) is 54.1 Å². The molecule has 1 aromatic heterocycles. The van der Waals surface area contributed by atoms with Crippen LogP contribution in [0.1, 0.15) is 17.2 Å². The Labute approximate surface area is 122 Å². The van der Waals surface area contributed by atoms with E-state index in [9.17, 15) is 5.11 Å². The van der Waals surface area contributed by atoms with Gasteiger partial charge in [0.2, 0.25) is 0 Å². The van der Waals surface area contributed by atoms with Crippen molar-refractivity contribution in [3.8, 4) is 0 Å². The van der Waals surface area contributed by atoms with Crippen molar-refractivity contribution in [3.05, 3.63) is 77.1 Å². The van der Waals surface area contributed by atoms with Gasteiger partial charge in [0.1, 0.15) is 5.15 Å². The van der Waals surface area contributed by atoms with Crippen molar-refractivity contribution in [3.63, 3.8) is 0 Å². The van der Waals surface area contributed by atoms with Gasteiger partial charge < -0.3 is 5.11 Å². The second-order valence-corrected chi connectivity index (χ2v) is 5.16. The number of hydrogen-bond acceptors (Lipinski definition) is 2. The van der Waals surface area contributed by atoms with Gasteiger partial charge in [0, 0.05) is 12.6 Å².